The number of carbonyl (C=O) groups excluding carboxylic acids is 1. The molecule has 0 saturated heterocycles. The zero-order valence-corrected chi connectivity index (χ0v) is 14.3. The molecule has 1 aliphatic rings. The number of carbonyl (C=O) groups is 1. The summed E-state index contributed by atoms with van der Waals surface area (Å²) >= 11 is 0. The summed E-state index contributed by atoms with van der Waals surface area (Å²) in [5.41, 5.74) is 1.30. The topological polar surface area (TPSA) is 51.2 Å². The number of hydrogen-bond donors (Lipinski definition) is 0. The van der Waals surface area contributed by atoms with Crippen LogP contribution in [-0.4, -0.2) is 14.2 Å². The van der Waals surface area contributed by atoms with Crippen molar-refractivity contribution in [1.29, 1.82) is 0 Å². The summed E-state index contributed by atoms with van der Waals surface area (Å²) in [6, 6.07) is 20.2. The second-order valence-electron chi connectivity index (χ2n) is 5.91. The fourth-order valence-electron chi connectivity index (χ4n) is 3.14. The molecular weight excluding hydrogens is 351 g/mol. The van der Waals surface area contributed by atoms with Crippen molar-refractivity contribution in [2.24, 2.45) is 0 Å². The van der Waals surface area contributed by atoms with E-state index >= 15 is 0 Å². The maximum absolute atomic E-state index is 13.8. The minimum Gasteiger partial charge on any atom is -0.288 e. The Balaban J connectivity index is 2.07. The molecule has 0 atom stereocenters. The molecule has 1 aliphatic carbocycles. The van der Waals surface area contributed by atoms with Crippen molar-refractivity contribution in [2.45, 2.75) is 4.90 Å². The molecule has 0 amide bonds. The molecule has 3 aromatic rings. The Bertz CT molecular complexity index is 1150. The van der Waals surface area contributed by atoms with Gasteiger partial charge in [0.1, 0.15) is 10.7 Å². The Morgan fingerprint density at radius 3 is 2.00 bits per heavy atom. The third-order valence-corrected chi connectivity index (χ3v) is 6.13. The van der Waals surface area contributed by atoms with Crippen molar-refractivity contribution in [3.05, 3.63) is 106 Å². The third-order valence-electron chi connectivity index (χ3n) is 4.31. The van der Waals surface area contributed by atoms with Crippen LogP contribution in [0.5, 0.6) is 0 Å². The standard InChI is InChI=1S/C21H13FO3S/c22-15-11-12-17-18(13-15)19(14-7-3-1-4-8-14)21(20(17)23)26(24,25)16-9-5-2-6-10-16/h1-13H. The predicted octanol–water partition coefficient (Wildman–Crippen LogP) is 4.26. The van der Waals surface area contributed by atoms with Crippen LogP contribution in [0.2, 0.25) is 0 Å². The Morgan fingerprint density at radius 2 is 1.35 bits per heavy atom. The van der Waals surface area contributed by atoms with Crippen LogP contribution in [0.15, 0.2) is 88.7 Å². The molecule has 0 bridgehead atoms. The largest absolute Gasteiger partial charge is 0.288 e. The van der Waals surface area contributed by atoms with Crippen LogP contribution < -0.4 is 0 Å². The monoisotopic (exact) mass is 364 g/mol. The van der Waals surface area contributed by atoms with Crippen molar-refractivity contribution >= 4 is 21.2 Å². The van der Waals surface area contributed by atoms with E-state index in [1.807, 2.05) is 0 Å². The molecule has 0 heterocycles. The first kappa shape index (κ1) is 16.4. The van der Waals surface area contributed by atoms with Gasteiger partial charge in [0, 0.05) is 11.1 Å². The maximum Gasteiger partial charge on any atom is 0.211 e. The van der Waals surface area contributed by atoms with Gasteiger partial charge < -0.3 is 0 Å². The molecule has 0 aromatic heterocycles. The molecule has 128 valence electrons. The number of ketones is 1. The van der Waals surface area contributed by atoms with Crippen LogP contribution in [0.1, 0.15) is 21.5 Å². The van der Waals surface area contributed by atoms with Crippen molar-refractivity contribution in [2.75, 3.05) is 0 Å². The van der Waals surface area contributed by atoms with Crippen molar-refractivity contribution in [1.82, 2.24) is 0 Å². The fraction of sp³-hybridized carbons (Fsp3) is 0. The fourth-order valence-corrected chi connectivity index (χ4v) is 4.75. The lowest BCUT2D eigenvalue weighted by Gasteiger charge is -2.09. The van der Waals surface area contributed by atoms with Gasteiger partial charge in [-0.2, -0.15) is 0 Å². The number of allylic oxidation sites excluding steroid dienone is 1. The second kappa shape index (κ2) is 6.04. The van der Waals surface area contributed by atoms with E-state index in [0.29, 0.717) is 11.1 Å². The summed E-state index contributed by atoms with van der Waals surface area (Å²) in [6.45, 7) is 0. The molecule has 0 aliphatic heterocycles. The van der Waals surface area contributed by atoms with E-state index in [4.69, 9.17) is 0 Å². The molecular formula is C21H13FO3S. The van der Waals surface area contributed by atoms with Gasteiger partial charge in [-0.1, -0.05) is 48.5 Å². The predicted molar refractivity (Wildman–Crippen MR) is 96.8 cm³/mol. The zero-order chi connectivity index (χ0) is 18.3. The minimum atomic E-state index is -4.06. The van der Waals surface area contributed by atoms with Gasteiger partial charge in [0.25, 0.3) is 0 Å². The quantitative estimate of drug-likeness (QED) is 0.698. The molecule has 0 radical (unpaired) electrons. The molecule has 3 nitrogen and oxygen atoms in total. The van der Waals surface area contributed by atoms with Crippen LogP contribution >= 0.6 is 0 Å². The zero-order valence-electron chi connectivity index (χ0n) is 13.5. The highest BCUT2D eigenvalue weighted by atomic mass is 32.2. The number of rotatable bonds is 3. The molecule has 0 saturated carbocycles. The first-order chi connectivity index (χ1) is 12.5. The van der Waals surface area contributed by atoms with Crippen molar-refractivity contribution in [3.8, 4) is 0 Å². The molecule has 26 heavy (non-hydrogen) atoms. The van der Waals surface area contributed by atoms with E-state index in [0.717, 1.165) is 6.07 Å². The smallest absolute Gasteiger partial charge is 0.211 e. The Labute approximate surface area is 150 Å². The number of hydrogen-bond acceptors (Lipinski definition) is 3. The van der Waals surface area contributed by atoms with Gasteiger partial charge in [-0.15, -0.1) is 0 Å². The molecule has 5 heteroatoms. The van der Waals surface area contributed by atoms with Gasteiger partial charge in [-0.3, -0.25) is 4.79 Å². The van der Waals surface area contributed by atoms with Gasteiger partial charge in [-0.05, 0) is 41.5 Å². The van der Waals surface area contributed by atoms with Crippen molar-refractivity contribution < 1.29 is 17.6 Å². The molecule has 0 spiro atoms. The number of halogens is 1. The van der Waals surface area contributed by atoms with E-state index in [1.54, 1.807) is 48.5 Å². The summed E-state index contributed by atoms with van der Waals surface area (Å²) < 4.78 is 40.3. The molecule has 0 fully saturated rings. The Hall–Kier alpha value is -3.05. The molecule has 0 N–H and O–H groups in total. The highest BCUT2D eigenvalue weighted by molar-refractivity contribution is 7.96. The number of Topliss-reactive ketones (excluding diaryl/α,β-unsaturated/α-hetero) is 1. The summed E-state index contributed by atoms with van der Waals surface area (Å²) in [4.78, 5) is 12.7. The highest BCUT2D eigenvalue weighted by Gasteiger charge is 2.39. The molecule has 3 aromatic carbocycles. The summed E-state index contributed by atoms with van der Waals surface area (Å²) in [5.74, 6) is -1.13. The lowest BCUT2D eigenvalue weighted by Crippen LogP contribution is -2.12. The normalized spacial score (nSPS) is 13.8. The Morgan fingerprint density at radius 1 is 0.731 bits per heavy atom. The van der Waals surface area contributed by atoms with Crippen LogP contribution in [0.3, 0.4) is 0 Å². The van der Waals surface area contributed by atoms with E-state index in [1.165, 1.54) is 24.3 Å². The van der Waals surface area contributed by atoms with E-state index in [2.05, 4.69) is 0 Å². The Kier molecular flexibility index (Phi) is 3.81. The summed E-state index contributed by atoms with van der Waals surface area (Å²) in [6.07, 6.45) is 0. The first-order valence-electron chi connectivity index (χ1n) is 7.94. The van der Waals surface area contributed by atoms with E-state index < -0.39 is 21.4 Å². The van der Waals surface area contributed by atoms with Crippen LogP contribution in [-0.2, 0) is 9.84 Å². The molecule has 0 unspecified atom stereocenters. The first-order valence-corrected chi connectivity index (χ1v) is 9.43. The summed E-state index contributed by atoms with van der Waals surface area (Å²) in [7, 11) is -4.06. The maximum atomic E-state index is 13.8. The number of sulfone groups is 1. The number of benzene rings is 3. The highest BCUT2D eigenvalue weighted by Crippen LogP contribution is 2.41. The van der Waals surface area contributed by atoms with E-state index in [9.17, 15) is 17.6 Å². The van der Waals surface area contributed by atoms with Crippen LogP contribution in [0.4, 0.5) is 4.39 Å². The minimum absolute atomic E-state index is 0.0325. The van der Waals surface area contributed by atoms with Gasteiger partial charge in [-0.25, -0.2) is 12.8 Å². The van der Waals surface area contributed by atoms with Gasteiger partial charge in [0.2, 0.25) is 15.6 Å². The lowest BCUT2D eigenvalue weighted by molar-refractivity contribution is 0.104. The number of fused-ring (bicyclic) bond motifs is 1. The summed E-state index contributed by atoms with van der Waals surface area (Å²) in [5, 5.41) is 0. The van der Waals surface area contributed by atoms with E-state index in [-0.39, 0.29) is 20.9 Å². The van der Waals surface area contributed by atoms with Gasteiger partial charge in [0.05, 0.1) is 4.90 Å². The third kappa shape index (κ3) is 2.48. The van der Waals surface area contributed by atoms with Crippen molar-refractivity contribution in [3.63, 3.8) is 0 Å². The average Bonchev–Trinajstić information content (AvgIpc) is 2.95. The second-order valence-corrected chi connectivity index (χ2v) is 7.79. The van der Waals surface area contributed by atoms with Gasteiger partial charge >= 0.3 is 0 Å². The van der Waals surface area contributed by atoms with Gasteiger partial charge in [0.15, 0.2) is 0 Å². The van der Waals surface area contributed by atoms with Crippen LogP contribution in [0, 0.1) is 5.82 Å². The lowest BCUT2D eigenvalue weighted by atomic mass is 9.99. The molecule has 4 rings (SSSR count). The SMILES string of the molecule is O=C1C(S(=O)(=O)c2ccccc2)=C(c2ccccc2)c2cc(F)ccc21. The average molecular weight is 364 g/mol. The van der Waals surface area contributed by atoms with Crippen LogP contribution in [0.25, 0.3) is 5.57 Å².